The van der Waals surface area contributed by atoms with E-state index >= 15 is 0 Å². The molecule has 18 heavy (non-hydrogen) atoms. The number of benzene rings is 1. The van der Waals surface area contributed by atoms with E-state index in [0.717, 1.165) is 36.8 Å². The SMILES string of the molecule is COC(C)c1ccccc1C1(C(=O)O)CCCC1. The number of rotatable bonds is 4. The molecule has 0 heterocycles. The smallest absolute Gasteiger partial charge is 0.314 e. The van der Waals surface area contributed by atoms with Gasteiger partial charge in [-0.15, -0.1) is 0 Å². The molecule has 1 saturated carbocycles. The highest BCUT2D eigenvalue weighted by molar-refractivity contribution is 5.82. The second kappa shape index (κ2) is 5.11. The fourth-order valence-corrected chi connectivity index (χ4v) is 2.99. The first kappa shape index (κ1) is 13.1. The Labute approximate surface area is 108 Å². The van der Waals surface area contributed by atoms with E-state index in [2.05, 4.69) is 0 Å². The molecule has 0 radical (unpaired) electrons. The molecule has 2 rings (SSSR count). The van der Waals surface area contributed by atoms with Gasteiger partial charge in [0.25, 0.3) is 0 Å². The van der Waals surface area contributed by atoms with Gasteiger partial charge in [-0.1, -0.05) is 37.1 Å². The highest BCUT2D eigenvalue weighted by Crippen LogP contribution is 2.44. The van der Waals surface area contributed by atoms with Crippen molar-refractivity contribution in [2.24, 2.45) is 0 Å². The molecule has 3 nitrogen and oxygen atoms in total. The predicted molar refractivity (Wildman–Crippen MR) is 69.6 cm³/mol. The Morgan fingerprint density at radius 2 is 1.94 bits per heavy atom. The largest absolute Gasteiger partial charge is 0.481 e. The number of aliphatic carboxylic acids is 1. The molecule has 1 N–H and O–H groups in total. The number of hydrogen-bond acceptors (Lipinski definition) is 2. The van der Waals surface area contributed by atoms with Gasteiger partial charge in [-0.3, -0.25) is 4.79 Å². The molecular formula is C15H20O3. The summed E-state index contributed by atoms with van der Waals surface area (Å²) in [6, 6.07) is 7.79. The van der Waals surface area contributed by atoms with Crippen LogP contribution >= 0.6 is 0 Å². The summed E-state index contributed by atoms with van der Waals surface area (Å²) in [6.07, 6.45) is 3.37. The molecule has 1 aromatic carbocycles. The third-order valence-corrected chi connectivity index (χ3v) is 4.13. The van der Waals surface area contributed by atoms with Crippen LogP contribution in [0.5, 0.6) is 0 Å². The molecule has 0 saturated heterocycles. The van der Waals surface area contributed by atoms with Gasteiger partial charge in [0.1, 0.15) is 0 Å². The molecule has 1 fully saturated rings. The summed E-state index contributed by atoms with van der Waals surface area (Å²) in [6.45, 7) is 1.96. The molecule has 98 valence electrons. The predicted octanol–water partition coefficient (Wildman–Crippen LogP) is 3.29. The molecule has 1 aliphatic carbocycles. The molecule has 1 atom stereocenters. The van der Waals surface area contributed by atoms with Crippen LogP contribution in [0, 0.1) is 0 Å². The normalized spacial score (nSPS) is 19.7. The van der Waals surface area contributed by atoms with Crippen molar-refractivity contribution in [3.8, 4) is 0 Å². The van der Waals surface area contributed by atoms with Crippen LogP contribution in [0.3, 0.4) is 0 Å². The second-order valence-electron chi connectivity index (χ2n) is 5.06. The van der Waals surface area contributed by atoms with Gasteiger partial charge in [-0.25, -0.2) is 0 Å². The molecule has 0 amide bonds. The van der Waals surface area contributed by atoms with Gasteiger partial charge in [0.2, 0.25) is 0 Å². The van der Waals surface area contributed by atoms with Crippen molar-refractivity contribution in [3.05, 3.63) is 35.4 Å². The minimum Gasteiger partial charge on any atom is -0.481 e. The lowest BCUT2D eigenvalue weighted by molar-refractivity contribution is -0.143. The first-order chi connectivity index (χ1) is 8.62. The Hall–Kier alpha value is -1.35. The molecule has 0 bridgehead atoms. The highest BCUT2D eigenvalue weighted by Gasteiger charge is 2.44. The average molecular weight is 248 g/mol. The quantitative estimate of drug-likeness (QED) is 0.889. The molecule has 0 aliphatic heterocycles. The zero-order chi connectivity index (χ0) is 13.2. The van der Waals surface area contributed by atoms with Crippen LogP contribution in [0.25, 0.3) is 0 Å². The van der Waals surface area contributed by atoms with E-state index in [9.17, 15) is 9.90 Å². The third kappa shape index (κ3) is 2.03. The van der Waals surface area contributed by atoms with Crippen molar-refractivity contribution in [3.63, 3.8) is 0 Å². The number of carbonyl (C=O) groups is 1. The second-order valence-corrected chi connectivity index (χ2v) is 5.06. The summed E-state index contributed by atoms with van der Waals surface area (Å²) in [7, 11) is 1.66. The Morgan fingerprint density at radius 1 is 1.33 bits per heavy atom. The van der Waals surface area contributed by atoms with Crippen molar-refractivity contribution >= 4 is 5.97 Å². The van der Waals surface area contributed by atoms with Gasteiger partial charge >= 0.3 is 5.97 Å². The average Bonchev–Trinajstić information content (AvgIpc) is 2.88. The summed E-state index contributed by atoms with van der Waals surface area (Å²) in [4.78, 5) is 11.7. The van der Waals surface area contributed by atoms with Gasteiger partial charge < -0.3 is 9.84 Å². The number of carboxylic acids is 1. The molecular weight excluding hydrogens is 228 g/mol. The van der Waals surface area contributed by atoms with E-state index < -0.39 is 11.4 Å². The van der Waals surface area contributed by atoms with Gasteiger partial charge in [0.15, 0.2) is 0 Å². The third-order valence-electron chi connectivity index (χ3n) is 4.13. The van der Waals surface area contributed by atoms with Crippen LogP contribution in [0.1, 0.15) is 49.8 Å². The Balaban J connectivity index is 2.52. The number of ether oxygens (including phenoxy) is 1. The first-order valence-electron chi connectivity index (χ1n) is 6.47. The molecule has 0 aromatic heterocycles. The molecule has 1 aliphatic rings. The fraction of sp³-hybridized carbons (Fsp3) is 0.533. The van der Waals surface area contributed by atoms with E-state index in [0.29, 0.717) is 0 Å². The highest BCUT2D eigenvalue weighted by atomic mass is 16.5. The number of methoxy groups -OCH3 is 1. The summed E-state index contributed by atoms with van der Waals surface area (Å²) in [5.41, 5.74) is 1.23. The van der Waals surface area contributed by atoms with Crippen molar-refractivity contribution in [2.75, 3.05) is 7.11 Å². The van der Waals surface area contributed by atoms with E-state index in [-0.39, 0.29) is 6.10 Å². The summed E-state index contributed by atoms with van der Waals surface area (Å²) in [5.74, 6) is -0.698. The fourth-order valence-electron chi connectivity index (χ4n) is 2.99. The van der Waals surface area contributed by atoms with E-state index in [4.69, 9.17) is 4.74 Å². The van der Waals surface area contributed by atoms with E-state index in [1.807, 2.05) is 31.2 Å². The van der Waals surface area contributed by atoms with Gasteiger partial charge in [-0.2, -0.15) is 0 Å². The Bertz CT molecular complexity index is 433. The van der Waals surface area contributed by atoms with Crippen molar-refractivity contribution < 1.29 is 14.6 Å². The lowest BCUT2D eigenvalue weighted by Gasteiger charge is -2.28. The maximum absolute atomic E-state index is 11.7. The monoisotopic (exact) mass is 248 g/mol. The van der Waals surface area contributed by atoms with Gasteiger partial charge in [0.05, 0.1) is 11.5 Å². The lowest BCUT2D eigenvalue weighted by atomic mass is 9.76. The molecule has 1 unspecified atom stereocenters. The van der Waals surface area contributed by atoms with E-state index in [1.54, 1.807) is 7.11 Å². The zero-order valence-corrected chi connectivity index (χ0v) is 11.0. The van der Waals surface area contributed by atoms with Crippen LogP contribution in [0.15, 0.2) is 24.3 Å². The van der Waals surface area contributed by atoms with Crippen LogP contribution in [-0.4, -0.2) is 18.2 Å². The summed E-state index contributed by atoms with van der Waals surface area (Å²) in [5, 5.41) is 9.66. The lowest BCUT2D eigenvalue weighted by Crippen LogP contribution is -2.34. The first-order valence-corrected chi connectivity index (χ1v) is 6.47. The minimum absolute atomic E-state index is 0.0713. The minimum atomic E-state index is -0.705. The molecule has 1 aromatic rings. The standard InChI is InChI=1S/C15H20O3/c1-11(18-2)12-7-3-4-8-13(12)15(14(16)17)9-5-6-10-15/h3-4,7-8,11H,5-6,9-10H2,1-2H3,(H,16,17). The Kier molecular flexibility index (Phi) is 3.71. The summed E-state index contributed by atoms with van der Waals surface area (Å²) < 4.78 is 5.37. The van der Waals surface area contributed by atoms with Crippen LogP contribution in [-0.2, 0) is 14.9 Å². The number of hydrogen-bond donors (Lipinski definition) is 1. The van der Waals surface area contributed by atoms with Crippen LogP contribution < -0.4 is 0 Å². The summed E-state index contributed by atoms with van der Waals surface area (Å²) >= 11 is 0. The number of carboxylic acid groups (broad SMARTS) is 1. The van der Waals surface area contributed by atoms with Crippen molar-refractivity contribution in [2.45, 2.75) is 44.1 Å². The van der Waals surface area contributed by atoms with Crippen LogP contribution in [0.4, 0.5) is 0 Å². The van der Waals surface area contributed by atoms with Crippen LogP contribution in [0.2, 0.25) is 0 Å². The van der Waals surface area contributed by atoms with E-state index in [1.165, 1.54) is 0 Å². The Morgan fingerprint density at radius 3 is 2.50 bits per heavy atom. The topological polar surface area (TPSA) is 46.5 Å². The maximum atomic E-state index is 11.7. The molecule has 0 spiro atoms. The maximum Gasteiger partial charge on any atom is 0.314 e. The van der Waals surface area contributed by atoms with Gasteiger partial charge in [0, 0.05) is 7.11 Å². The van der Waals surface area contributed by atoms with Crippen molar-refractivity contribution in [1.82, 2.24) is 0 Å². The van der Waals surface area contributed by atoms with Gasteiger partial charge in [-0.05, 0) is 30.9 Å². The zero-order valence-electron chi connectivity index (χ0n) is 11.0. The van der Waals surface area contributed by atoms with Crippen molar-refractivity contribution in [1.29, 1.82) is 0 Å². The molecule has 3 heteroatoms.